The van der Waals surface area contributed by atoms with E-state index < -0.39 is 0 Å². The SMILES string of the molecule is Cc1cccc([C@@H]2SCC(=O)N(CC(=O)NC[C@H]3CCCO3)c3c2c(-c2ccccc2)nn3-c2cccc(C)c2C)c1. The molecule has 0 bridgehead atoms. The summed E-state index contributed by atoms with van der Waals surface area (Å²) in [7, 11) is 0. The lowest BCUT2D eigenvalue weighted by molar-refractivity contribution is -0.123. The zero-order valence-corrected chi connectivity index (χ0v) is 25.1. The molecule has 0 radical (unpaired) electrons. The van der Waals surface area contributed by atoms with Crippen molar-refractivity contribution in [1.82, 2.24) is 15.1 Å². The summed E-state index contributed by atoms with van der Waals surface area (Å²) in [5.41, 5.74) is 8.06. The average Bonchev–Trinajstić information content (AvgIpc) is 3.63. The number of aromatic nitrogens is 2. The smallest absolute Gasteiger partial charge is 0.240 e. The quantitative estimate of drug-likeness (QED) is 0.293. The van der Waals surface area contributed by atoms with Crippen molar-refractivity contribution in [2.45, 2.75) is 45.0 Å². The summed E-state index contributed by atoms with van der Waals surface area (Å²) in [6.45, 7) is 7.31. The van der Waals surface area contributed by atoms with Crippen LogP contribution in [0.2, 0.25) is 0 Å². The highest BCUT2D eigenvalue weighted by molar-refractivity contribution is 8.00. The number of anilines is 1. The van der Waals surface area contributed by atoms with E-state index in [0.29, 0.717) is 12.4 Å². The summed E-state index contributed by atoms with van der Waals surface area (Å²) in [6, 6.07) is 24.7. The second-order valence-electron chi connectivity index (χ2n) is 11.1. The zero-order chi connectivity index (χ0) is 29.2. The van der Waals surface area contributed by atoms with Gasteiger partial charge in [0.05, 0.1) is 28.5 Å². The van der Waals surface area contributed by atoms with Gasteiger partial charge in [0.25, 0.3) is 0 Å². The van der Waals surface area contributed by atoms with Gasteiger partial charge in [0, 0.05) is 24.3 Å². The van der Waals surface area contributed by atoms with Crippen LogP contribution in [0.25, 0.3) is 16.9 Å². The Labute approximate surface area is 251 Å². The second kappa shape index (κ2) is 12.2. The standard InChI is InChI=1S/C34H36N4O3S/c1-22-10-7-14-26(18-22)33-31-32(25-12-5-4-6-13-25)36-38(28-16-8-11-23(2)24(28)3)34(31)37(30(40)21-42-33)20-29(39)35-19-27-15-9-17-41-27/h4-8,10-14,16,18,27,33H,9,15,17,19-21H2,1-3H3,(H,35,39)/t27-,33+/m1/s1. The molecule has 2 atom stereocenters. The molecular weight excluding hydrogens is 544 g/mol. The molecule has 0 saturated carbocycles. The molecule has 0 aliphatic carbocycles. The summed E-state index contributed by atoms with van der Waals surface area (Å²) < 4.78 is 7.59. The number of hydrogen-bond donors (Lipinski definition) is 1. The molecule has 0 spiro atoms. The summed E-state index contributed by atoms with van der Waals surface area (Å²) in [5.74, 6) is 0.567. The third kappa shape index (κ3) is 5.61. The van der Waals surface area contributed by atoms with E-state index >= 15 is 0 Å². The van der Waals surface area contributed by atoms with Crippen LogP contribution < -0.4 is 10.2 Å². The van der Waals surface area contributed by atoms with Crippen molar-refractivity contribution in [1.29, 1.82) is 0 Å². The van der Waals surface area contributed by atoms with Gasteiger partial charge in [-0.05, 0) is 56.4 Å². The zero-order valence-electron chi connectivity index (χ0n) is 24.3. The van der Waals surface area contributed by atoms with E-state index in [1.54, 1.807) is 16.7 Å². The van der Waals surface area contributed by atoms with Crippen molar-refractivity contribution in [2.75, 3.05) is 30.3 Å². The highest BCUT2D eigenvalue weighted by Crippen LogP contribution is 2.48. The first-order valence-corrected chi connectivity index (χ1v) is 15.6. The number of nitrogens with zero attached hydrogens (tertiary/aromatic N) is 3. The van der Waals surface area contributed by atoms with E-state index in [1.165, 1.54) is 0 Å². The highest BCUT2D eigenvalue weighted by Gasteiger charge is 2.38. The molecule has 2 amide bonds. The Kier molecular flexibility index (Phi) is 8.18. The number of hydrogen-bond acceptors (Lipinski definition) is 5. The fraction of sp³-hybridized carbons (Fsp3) is 0.324. The lowest BCUT2D eigenvalue weighted by Crippen LogP contribution is -2.44. The molecule has 1 saturated heterocycles. The third-order valence-electron chi connectivity index (χ3n) is 8.14. The van der Waals surface area contributed by atoms with Crippen molar-refractivity contribution < 1.29 is 14.3 Å². The number of rotatable bonds is 7. The minimum Gasteiger partial charge on any atom is -0.376 e. The van der Waals surface area contributed by atoms with Crippen molar-refractivity contribution in [3.63, 3.8) is 0 Å². The van der Waals surface area contributed by atoms with Crippen LogP contribution in [0, 0.1) is 20.8 Å². The Hall–Kier alpha value is -3.88. The van der Waals surface area contributed by atoms with Gasteiger partial charge < -0.3 is 10.1 Å². The van der Waals surface area contributed by atoms with Crippen molar-refractivity contribution in [3.8, 4) is 16.9 Å². The van der Waals surface area contributed by atoms with Gasteiger partial charge >= 0.3 is 0 Å². The number of aryl methyl sites for hydroxylation is 2. The molecule has 3 aromatic carbocycles. The fourth-order valence-electron chi connectivity index (χ4n) is 5.79. The van der Waals surface area contributed by atoms with Gasteiger partial charge in [0.15, 0.2) is 0 Å². The van der Waals surface area contributed by atoms with Crippen LogP contribution in [0.4, 0.5) is 5.82 Å². The molecule has 42 heavy (non-hydrogen) atoms. The van der Waals surface area contributed by atoms with Crippen molar-refractivity contribution in [3.05, 3.63) is 101 Å². The Morgan fingerprint density at radius 2 is 1.86 bits per heavy atom. The van der Waals surface area contributed by atoms with Gasteiger partial charge in [-0.2, -0.15) is 5.10 Å². The van der Waals surface area contributed by atoms with E-state index in [2.05, 4.69) is 68.6 Å². The molecule has 7 nitrogen and oxygen atoms in total. The fourth-order valence-corrected chi connectivity index (χ4v) is 6.98. The number of nitrogens with one attached hydrogen (secondary N) is 1. The average molecular weight is 581 g/mol. The van der Waals surface area contributed by atoms with Crippen LogP contribution in [0.5, 0.6) is 0 Å². The van der Waals surface area contributed by atoms with E-state index in [0.717, 1.165) is 64.2 Å². The topological polar surface area (TPSA) is 76.5 Å². The van der Waals surface area contributed by atoms with Crippen molar-refractivity contribution >= 4 is 29.4 Å². The van der Waals surface area contributed by atoms with Crippen LogP contribution in [0.3, 0.4) is 0 Å². The van der Waals surface area contributed by atoms with Crippen LogP contribution >= 0.6 is 11.8 Å². The lowest BCUT2D eigenvalue weighted by Gasteiger charge is -2.24. The molecule has 8 heteroatoms. The molecule has 0 unspecified atom stereocenters. The summed E-state index contributed by atoms with van der Waals surface area (Å²) in [4.78, 5) is 29.0. The van der Waals surface area contributed by atoms with E-state index in [9.17, 15) is 9.59 Å². The minimum atomic E-state index is -0.209. The van der Waals surface area contributed by atoms with Gasteiger partial charge in [-0.25, -0.2) is 4.68 Å². The Bertz CT molecular complexity index is 1610. The van der Waals surface area contributed by atoms with Crippen LogP contribution in [-0.2, 0) is 14.3 Å². The lowest BCUT2D eigenvalue weighted by atomic mass is 9.98. The normalized spacial score (nSPS) is 18.5. The Morgan fingerprint density at radius 3 is 2.62 bits per heavy atom. The van der Waals surface area contributed by atoms with Gasteiger partial charge in [-0.15, -0.1) is 11.8 Å². The first kappa shape index (κ1) is 28.2. The van der Waals surface area contributed by atoms with E-state index in [-0.39, 0.29) is 35.5 Å². The van der Waals surface area contributed by atoms with Crippen molar-refractivity contribution in [2.24, 2.45) is 0 Å². The molecule has 4 aromatic rings. The van der Waals surface area contributed by atoms with E-state index in [4.69, 9.17) is 9.84 Å². The van der Waals surface area contributed by atoms with E-state index in [1.807, 2.05) is 35.0 Å². The monoisotopic (exact) mass is 580 g/mol. The Balaban J connectivity index is 1.55. The number of benzene rings is 3. The molecule has 2 aliphatic rings. The highest BCUT2D eigenvalue weighted by atomic mass is 32.2. The van der Waals surface area contributed by atoms with Gasteiger partial charge in [0.2, 0.25) is 11.8 Å². The van der Waals surface area contributed by atoms with Crippen LogP contribution in [0.15, 0.2) is 72.8 Å². The molecule has 3 heterocycles. The predicted octanol–water partition coefficient (Wildman–Crippen LogP) is 5.93. The molecule has 1 aromatic heterocycles. The predicted molar refractivity (Wildman–Crippen MR) is 168 cm³/mol. The van der Waals surface area contributed by atoms with Gasteiger partial charge in [-0.1, -0.05) is 72.3 Å². The summed E-state index contributed by atoms with van der Waals surface area (Å²) in [6.07, 6.45) is 1.96. The molecule has 6 rings (SSSR count). The maximum absolute atomic E-state index is 14.0. The first-order chi connectivity index (χ1) is 20.4. The third-order valence-corrected chi connectivity index (χ3v) is 9.39. The summed E-state index contributed by atoms with van der Waals surface area (Å²) >= 11 is 1.59. The number of ether oxygens (including phenoxy) is 1. The number of carbonyl (C=O) groups excluding carboxylic acids is 2. The van der Waals surface area contributed by atoms with Gasteiger partial charge in [0.1, 0.15) is 12.4 Å². The molecule has 2 aliphatic heterocycles. The number of carbonyl (C=O) groups is 2. The molecule has 216 valence electrons. The second-order valence-corrected chi connectivity index (χ2v) is 12.2. The minimum absolute atomic E-state index is 0.0238. The maximum Gasteiger partial charge on any atom is 0.240 e. The number of fused-ring (bicyclic) bond motifs is 1. The van der Waals surface area contributed by atoms with Crippen LogP contribution in [-0.4, -0.2) is 53.1 Å². The molecule has 1 N–H and O–H groups in total. The number of thioether (sulfide) groups is 1. The molecule has 1 fully saturated rings. The number of amides is 2. The maximum atomic E-state index is 14.0. The van der Waals surface area contributed by atoms with Crippen LogP contribution in [0.1, 0.15) is 45.9 Å². The van der Waals surface area contributed by atoms with Gasteiger partial charge in [-0.3, -0.25) is 14.5 Å². The molecular formula is C34H36N4O3S. The first-order valence-electron chi connectivity index (χ1n) is 14.5. The summed E-state index contributed by atoms with van der Waals surface area (Å²) in [5, 5.41) is 8.10. The Morgan fingerprint density at radius 1 is 1.05 bits per heavy atom. The largest absolute Gasteiger partial charge is 0.376 e.